The van der Waals surface area contributed by atoms with Gasteiger partial charge in [0.1, 0.15) is 5.69 Å². The molecule has 0 aliphatic rings. The van der Waals surface area contributed by atoms with Gasteiger partial charge in [0.2, 0.25) is 5.78 Å². The smallest absolute Gasteiger partial charge is 0.207 e. The molecule has 18 heavy (non-hydrogen) atoms. The van der Waals surface area contributed by atoms with Crippen molar-refractivity contribution in [2.75, 3.05) is 14.1 Å². The normalized spacial score (nSPS) is 11.7. The Morgan fingerprint density at radius 1 is 1.39 bits per heavy atom. The van der Waals surface area contributed by atoms with E-state index in [1.54, 1.807) is 17.4 Å². The Morgan fingerprint density at radius 2 is 2.06 bits per heavy atom. The van der Waals surface area contributed by atoms with Crippen LogP contribution in [0.15, 0.2) is 11.8 Å². The Hall–Kier alpha value is -1.16. The lowest BCUT2D eigenvalue weighted by atomic mass is 10.1. The van der Waals surface area contributed by atoms with E-state index in [0.717, 1.165) is 34.8 Å². The monoisotopic (exact) mass is 266 g/mol. The van der Waals surface area contributed by atoms with Gasteiger partial charge in [0.25, 0.3) is 0 Å². The van der Waals surface area contributed by atoms with Crippen LogP contribution in [0.4, 0.5) is 0 Å². The number of unbranched alkanes of at least 4 members (excludes halogenated alkanes) is 1. The molecule has 3 nitrogen and oxygen atoms in total. The van der Waals surface area contributed by atoms with Crippen molar-refractivity contribution in [3.63, 3.8) is 0 Å². The van der Waals surface area contributed by atoms with Gasteiger partial charge >= 0.3 is 0 Å². The summed E-state index contributed by atoms with van der Waals surface area (Å²) in [6.45, 7) is 6.04. The molecule has 0 N–H and O–H groups in total. The van der Waals surface area contributed by atoms with Gasteiger partial charge in [-0.15, -0.1) is 11.3 Å². The van der Waals surface area contributed by atoms with Crippen LogP contribution < -0.4 is 0 Å². The van der Waals surface area contributed by atoms with Crippen LogP contribution in [-0.4, -0.2) is 29.8 Å². The fourth-order valence-corrected chi connectivity index (χ4v) is 2.58. The third-order valence-electron chi connectivity index (χ3n) is 2.80. The fraction of sp³-hybridized carbons (Fsp3) is 0.571. The van der Waals surface area contributed by atoms with Gasteiger partial charge in [-0.1, -0.05) is 13.3 Å². The largest absolute Gasteiger partial charge is 0.381 e. The van der Waals surface area contributed by atoms with Gasteiger partial charge in [-0.25, -0.2) is 4.98 Å². The molecule has 0 aliphatic heterocycles. The van der Waals surface area contributed by atoms with Gasteiger partial charge in [-0.05, 0) is 26.7 Å². The molecule has 0 spiro atoms. The highest BCUT2D eigenvalue weighted by Gasteiger charge is 2.13. The molecular weight excluding hydrogens is 244 g/mol. The lowest BCUT2D eigenvalue weighted by Gasteiger charge is -2.16. The van der Waals surface area contributed by atoms with Crippen LogP contribution in [0, 0.1) is 13.8 Å². The second-order valence-corrected chi connectivity index (χ2v) is 6.04. The Morgan fingerprint density at radius 3 is 2.50 bits per heavy atom. The van der Waals surface area contributed by atoms with Crippen LogP contribution in [0.2, 0.25) is 0 Å². The summed E-state index contributed by atoms with van der Waals surface area (Å²) in [7, 11) is 3.96. The Bertz CT molecular complexity index is 447. The van der Waals surface area contributed by atoms with E-state index in [1.807, 2.05) is 32.8 Å². The number of ketones is 1. The minimum absolute atomic E-state index is 0.0247. The van der Waals surface area contributed by atoms with Gasteiger partial charge < -0.3 is 4.90 Å². The number of allylic oxidation sites excluding steroid dienone is 2. The summed E-state index contributed by atoms with van der Waals surface area (Å²) in [5, 5.41) is 0.948. The molecular formula is C14H22N2OS. The quantitative estimate of drug-likeness (QED) is 0.583. The van der Waals surface area contributed by atoms with Crippen molar-refractivity contribution in [1.29, 1.82) is 0 Å². The maximum absolute atomic E-state index is 12.2. The summed E-state index contributed by atoms with van der Waals surface area (Å²) in [4.78, 5) is 19.5. The first-order valence-corrected chi connectivity index (χ1v) is 7.13. The number of carbonyl (C=O) groups excluding carboxylic acids is 1. The molecule has 1 heterocycles. The molecule has 0 radical (unpaired) electrons. The van der Waals surface area contributed by atoms with Crippen molar-refractivity contribution in [2.24, 2.45) is 0 Å². The second kappa shape index (κ2) is 6.69. The molecule has 0 aliphatic carbocycles. The molecule has 1 aromatic heterocycles. The zero-order chi connectivity index (χ0) is 13.7. The van der Waals surface area contributed by atoms with E-state index in [9.17, 15) is 4.79 Å². The van der Waals surface area contributed by atoms with Crippen LogP contribution in [0.3, 0.4) is 0 Å². The summed E-state index contributed by atoms with van der Waals surface area (Å²) in [5.41, 5.74) is 1.68. The van der Waals surface area contributed by atoms with E-state index in [2.05, 4.69) is 11.9 Å². The van der Waals surface area contributed by atoms with Crippen molar-refractivity contribution in [3.8, 4) is 0 Å². The molecule has 0 amide bonds. The van der Waals surface area contributed by atoms with Gasteiger partial charge in [0.05, 0.1) is 5.01 Å². The second-order valence-electron chi connectivity index (χ2n) is 4.64. The molecule has 0 aromatic carbocycles. The SMILES string of the molecule is CCCC/C(=C\C(=O)c1nc(C)sc1C)N(C)C. The van der Waals surface area contributed by atoms with Gasteiger partial charge in [-0.3, -0.25) is 4.79 Å². The molecule has 100 valence electrons. The van der Waals surface area contributed by atoms with E-state index in [4.69, 9.17) is 0 Å². The van der Waals surface area contributed by atoms with Crippen LogP contribution in [-0.2, 0) is 0 Å². The van der Waals surface area contributed by atoms with Gasteiger partial charge in [0.15, 0.2) is 0 Å². The first kappa shape index (κ1) is 14.9. The first-order valence-electron chi connectivity index (χ1n) is 6.32. The molecule has 0 saturated carbocycles. The summed E-state index contributed by atoms with van der Waals surface area (Å²) in [6.07, 6.45) is 4.91. The molecule has 4 heteroatoms. The Labute approximate surface area is 114 Å². The maximum atomic E-state index is 12.2. The summed E-state index contributed by atoms with van der Waals surface area (Å²) in [5.74, 6) is 0.0247. The molecule has 0 bridgehead atoms. The molecule has 1 rings (SSSR count). The fourth-order valence-electron chi connectivity index (χ4n) is 1.76. The van der Waals surface area contributed by atoms with E-state index in [1.165, 1.54) is 0 Å². The molecule has 1 aromatic rings. The highest BCUT2D eigenvalue weighted by molar-refractivity contribution is 7.11. The molecule has 0 atom stereocenters. The molecule has 0 unspecified atom stereocenters. The number of hydrogen-bond donors (Lipinski definition) is 0. The van der Waals surface area contributed by atoms with Crippen molar-refractivity contribution in [2.45, 2.75) is 40.0 Å². The third-order valence-corrected chi connectivity index (χ3v) is 3.68. The Balaban J connectivity index is 2.91. The highest BCUT2D eigenvalue weighted by Crippen LogP contribution is 2.19. The standard InChI is InChI=1S/C14H22N2OS/c1-6-7-8-12(16(4)5)9-13(17)14-10(2)18-11(3)15-14/h9H,6-8H2,1-5H3/b12-9+. The number of aryl methyl sites for hydroxylation is 2. The van der Waals surface area contributed by atoms with E-state index in [0.29, 0.717) is 5.69 Å². The van der Waals surface area contributed by atoms with Crippen LogP contribution in [0.25, 0.3) is 0 Å². The predicted molar refractivity (Wildman–Crippen MR) is 77.2 cm³/mol. The average Bonchev–Trinajstić information content (AvgIpc) is 2.63. The summed E-state index contributed by atoms with van der Waals surface area (Å²) < 4.78 is 0. The topological polar surface area (TPSA) is 33.2 Å². The van der Waals surface area contributed by atoms with Crippen molar-refractivity contribution < 1.29 is 4.79 Å². The third kappa shape index (κ3) is 3.95. The maximum Gasteiger partial charge on any atom is 0.207 e. The summed E-state index contributed by atoms with van der Waals surface area (Å²) >= 11 is 1.58. The zero-order valence-electron chi connectivity index (χ0n) is 11.9. The highest BCUT2D eigenvalue weighted by atomic mass is 32.1. The van der Waals surface area contributed by atoms with Crippen LogP contribution in [0.1, 0.15) is 46.6 Å². The van der Waals surface area contributed by atoms with E-state index in [-0.39, 0.29) is 5.78 Å². The Kier molecular flexibility index (Phi) is 5.54. The lowest BCUT2D eigenvalue weighted by molar-refractivity contribution is 0.103. The van der Waals surface area contributed by atoms with Gasteiger partial charge in [-0.2, -0.15) is 0 Å². The number of aromatic nitrogens is 1. The molecule has 0 fully saturated rings. The molecule has 0 saturated heterocycles. The number of rotatable bonds is 6. The van der Waals surface area contributed by atoms with Crippen molar-refractivity contribution in [1.82, 2.24) is 9.88 Å². The number of nitrogens with zero attached hydrogens (tertiary/aromatic N) is 2. The van der Waals surface area contributed by atoms with E-state index < -0.39 is 0 Å². The average molecular weight is 266 g/mol. The predicted octanol–water partition coefficient (Wildman–Crippen LogP) is 3.58. The van der Waals surface area contributed by atoms with Gasteiger partial charge in [0, 0.05) is 30.7 Å². The van der Waals surface area contributed by atoms with Crippen LogP contribution in [0.5, 0.6) is 0 Å². The first-order chi connectivity index (χ1) is 8.45. The van der Waals surface area contributed by atoms with Crippen molar-refractivity contribution in [3.05, 3.63) is 27.4 Å². The minimum Gasteiger partial charge on any atom is -0.381 e. The number of carbonyl (C=O) groups is 1. The van der Waals surface area contributed by atoms with E-state index >= 15 is 0 Å². The number of hydrogen-bond acceptors (Lipinski definition) is 4. The van der Waals surface area contributed by atoms with Crippen molar-refractivity contribution >= 4 is 17.1 Å². The lowest BCUT2D eigenvalue weighted by Crippen LogP contribution is -2.13. The van der Waals surface area contributed by atoms with Crippen LogP contribution >= 0.6 is 11.3 Å². The number of thiazole rings is 1. The minimum atomic E-state index is 0.0247. The summed E-state index contributed by atoms with van der Waals surface area (Å²) in [6, 6.07) is 0. The zero-order valence-corrected chi connectivity index (χ0v) is 12.7.